The Balaban J connectivity index is 1.03. The third kappa shape index (κ3) is 6.09. The lowest BCUT2D eigenvalue weighted by molar-refractivity contribution is -0.133. The van der Waals surface area contributed by atoms with E-state index in [1.807, 2.05) is 52.7 Å². The summed E-state index contributed by atoms with van der Waals surface area (Å²) in [5.41, 5.74) is 2.70. The zero-order valence-electron chi connectivity index (χ0n) is 19.2. The number of hydrogen-bond donors (Lipinski definition) is 2. The van der Waals surface area contributed by atoms with Crippen LogP contribution < -0.4 is 20.1 Å². The van der Waals surface area contributed by atoms with Crippen LogP contribution in [0.2, 0.25) is 0 Å². The molecule has 0 radical (unpaired) electrons. The van der Waals surface area contributed by atoms with Gasteiger partial charge < -0.3 is 19.7 Å². The maximum Gasteiger partial charge on any atom is 0.325 e. The van der Waals surface area contributed by atoms with E-state index in [1.54, 1.807) is 0 Å². The van der Waals surface area contributed by atoms with Crippen LogP contribution in [0.5, 0.6) is 11.5 Å². The number of carbonyl (C=O) groups excluding carboxylic acids is 2. The van der Waals surface area contributed by atoms with Gasteiger partial charge in [-0.3, -0.25) is 15.0 Å². The predicted octanol–water partition coefficient (Wildman–Crippen LogP) is 3.79. The van der Waals surface area contributed by atoms with Gasteiger partial charge in [0.15, 0.2) is 16.6 Å². The Labute approximate surface area is 207 Å². The van der Waals surface area contributed by atoms with Crippen LogP contribution in [-0.2, 0) is 17.8 Å². The number of benzene rings is 2. The smallest absolute Gasteiger partial charge is 0.325 e. The second-order valence-electron chi connectivity index (χ2n) is 8.43. The van der Waals surface area contributed by atoms with Crippen molar-refractivity contribution in [3.8, 4) is 11.5 Å². The number of rotatable bonds is 7. The van der Waals surface area contributed by atoms with E-state index in [4.69, 9.17) is 9.47 Å². The molecule has 0 spiro atoms. The maximum absolute atomic E-state index is 12.7. The van der Waals surface area contributed by atoms with Gasteiger partial charge in [0.1, 0.15) is 0 Å². The van der Waals surface area contributed by atoms with Crippen LogP contribution in [0.4, 0.5) is 15.6 Å². The molecule has 0 unspecified atom stereocenters. The van der Waals surface area contributed by atoms with Crippen molar-refractivity contribution in [1.29, 1.82) is 0 Å². The summed E-state index contributed by atoms with van der Waals surface area (Å²) in [4.78, 5) is 33.6. The molecule has 2 aliphatic heterocycles. The fourth-order valence-electron chi connectivity index (χ4n) is 4.11. The zero-order chi connectivity index (χ0) is 24.0. The molecule has 0 saturated carbocycles. The second-order valence-corrected chi connectivity index (χ2v) is 9.29. The van der Waals surface area contributed by atoms with Crippen molar-refractivity contribution in [1.82, 2.24) is 14.8 Å². The number of carbonyl (C=O) groups is 2. The highest BCUT2D eigenvalue weighted by molar-refractivity contribution is 7.13. The van der Waals surface area contributed by atoms with Crippen molar-refractivity contribution in [2.24, 2.45) is 0 Å². The Morgan fingerprint density at radius 1 is 0.971 bits per heavy atom. The molecule has 2 aromatic carbocycles. The van der Waals surface area contributed by atoms with Crippen LogP contribution in [0.15, 0.2) is 53.9 Å². The number of para-hydroxylation sites is 1. The van der Waals surface area contributed by atoms with Crippen LogP contribution in [0.3, 0.4) is 0 Å². The normalized spacial score (nSPS) is 15.1. The highest BCUT2D eigenvalue weighted by Gasteiger charge is 2.22. The number of aromatic nitrogens is 1. The summed E-state index contributed by atoms with van der Waals surface area (Å²) >= 11 is 1.35. The largest absolute Gasteiger partial charge is 0.454 e. The first-order chi connectivity index (χ1) is 17.1. The molecule has 10 heteroatoms. The number of urea groups is 1. The average Bonchev–Trinajstić information content (AvgIpc) is 3.52. The predicted molar refractivity (Wildman–Crippen MR) is 134 cm³/mol. The van der Waals surface area contributed by atoms with Crippen molar-refractivity contribution in [3.05, 3.63) is 65.2 Å². The van der Waals surface area contributed by atoms with Gasteiger partial charge in [0.05, 0.1) is 5.69 Å². The fourth-order valence-corrected chi connectivity index (χ4v) is 4.85. The number of amides is 3. The minimum Gasteiger partial charge on any atom is -0.454 e. The fraction of sp³-hybridized carbons (Fsp3) is 0.320. The van der Waals surface area contributed by atoms with Gasteiger partial charge in [-0.2, -0.15) is 0 Å². The SMILES string of the molecule is O=C(Nc1ccccc1)Nc1nc(CCC(=O)N2CCN(Cc3ccc4c(c3)OCO4)CC2)cs1. The Kier molecular flexibility index (Phi) is 7.10. The number of thiazole rings is 1. The quantitative estimate of drug-likeness (QED) is 0.520. The number of hydrogen-bond acceptors (Lipinski definition) is 7. The van der Waals surface area contributed by atoms with Gasteiger partial charge in [-0.1, -0.05) is 24.3 Å². The van der Waals surface area contributed by atoms with Crippen LogP contribution in [-0.4, -0.2) is 59.7 Å². The lowest BCUT2D eigenvalue weighted by Gasteiger charge is -2.34. The molecule has 1 aromatic heterocycles. The summed E-state index contributed by atoms with van der Waals surface area (Å²) < 4.78 is 10.8. The number of nitrogens with zero attached hydrogens (tertiary/aromatic N) is 3. The standard InChI is InChI=1S/C25H27N5O4S/c31-23(9-7-20-16-35-25(27-20)28-24(32)26-19-4-2-1-3-5-19)30-12-10-29(11-13-30)15-18-6-8-21-22(14-18)34-17-33-21/h1-6,8,14,16H,7,9-13,15,17H2,(H2,26,27,28,32). The first kappa shape index (κ1) is 23.1. The summed E-state index contributed by atoms with van der Waals surface area (Å²) in [6, 6.07) is 14.9. The van der Waals surface area contributed by atoms with E-state index in [9.17, 15) is 9.59 Å². The van der Waals surface area contributed by atoms with Crippen molar-refractivity contribution in [3.63, 3.8) is 0 Å². The Bertz CT molecular complexity index is 1180. The Morgan fingerprint density at radius 3 is 2.60 bits per heavy atom. The summed E-state index contributed by atoms with van der Waals surface area (Å²) in [5, 5.41) is 7.90. The van der Waals surface area contributed by atoms with Gasteiger partial charge in [-0.05, 0) is 36.2 Å². The van der Waals surface area contributed by atoms with E-state index in [1.165, 1.54) is 16.9 Å². The van der Waals surface area contributed by atoms with Gasteiger partial charge in [0.25, 0.3) is 0 Å². The van der Waals surface area contributed by atoms with Crippen LogP contribution in [0, 0.1) is 0 Å². The van der Waals surface area contributed by atoms with Crippen LogP contribution >= 0.6 is 11.3 Å². The second kappa shape index (κ2) is 10.7. The number of aryl methyl sites for hydroxylation is 1. The molecule has 2 N–H and O–H groups in total. The molecule has 3 aromatic rings. The number of ether oxygens (including phenoxy) is 2. The molecule has 0 aliphatic carbocycles. The van der Waals surface area contributed by atoms with Crippen LogP contribution in [0.25, 0.3) is 0 Å². The zero-order valence-corrected chi connectivity index (χ0v) is 20.1. The molecule has 1 fully saturated rings. The van der Waals surface area contributed by atoms with E-state index >= 15 is 0 Å². The minimum atomic E-state index is -0.341. The molecular formula is C25H27N5O4S. The lowest BCUT2D eigenvalue weighted by Crippen LogP contribution is -2.48. The molecule has 9 nitrogen and oxygen atoms in total. The molecule has 1 saturated heterocycles. The first-order valence-corrected chi connectivity index (χ1v) is 12.5. The Hall–Kier alpha value is -3.63. The number of anilines is 2. The lowest BCUT2D eigenvalue weighted by atomic mass is 10.1. The average molecular weight is 494 g/mol. The summed E-state index contributed by atoms with van der Waals surface area (Å²) in [6.07, 6.45) is 0.955. The highest BCUT2D eigenvalue weighted by Crippen LogP contribution is 2.32. The molecule has 5 rings (SSSR count). The van der Waals surface area contributed by atoms with Gasteiger partial charge >= 0.3 is 6.03 Å². The first-order valence-electron chi connectivity index (χ1n) is 11.6. The topological polar surface area (TPSA) is 96.0 Å². The highest BCUT2D eigenvalue weighted by atomic mass is 32.1. The molecule has 2 aliphatic rings. The summed E-state index contributed by atoms with van der Waals surface area (Å²) in [7, 11) is 0. The van der Waals surface area contributed by atoms with E-state index in [0.29, 0.717) is 36.8 Å². The number of piperazine rings is 1. The van der Waals surface area contributed by atoms with E-state index in [2.05, 4.69) is 26.6 Å². The third-order valence-corrected chi connectivity index (χ3v) is 6.77. The summed E-state index contributed by atoms with van der Waals surface area (Å²) in [5.74, 6) is 1.73. The molecule has 3 heterocycles. The monoisotopic (exact) mass is 493 g/mol. The van der Waals surface area contributed by atoms with Crippen molar-refractivity contribution in [2.45, 2.75) is 19.4 Å². The molecule has 182 valence electrons. The number of nitrogens with one attached hydrogen (secondary N) is 2. The third-order valence-electron chi connectivity index (χ3n) is 5.97. The molecular weight excluding hydrogens is 466 g/mol. The molecule has 35 heavy (non-hydrogen) atoms. The van der Waals surface area contributed by atoms with Gasteiger partial charge in [-0.15, -0.1) is 11.3 Å². The van der Waals surface area contributed by atoms with Gasteiger partial charge in [0.2, 0.25) is 12.7 Å². The molecule has 0 atom stereocenters. The van der Waals surface area contributed by atoms with Crippen molar-refractivity contribution in [2.75, 3.05) is 43.6 Å². The van der Waals surface area contributed by atoms with E-state index < -0.39 is 0 Å². The van der Waals surface area contributed by atoms with E-state index in [0.717, 1.165) is 36.8 Å². The number of fused-ring (bicyclic) bond motifs is 1. The Morgan fingerprint density at radius 2 is 1.77 bits per heavy atom. The molecule has 3 amide bonds. The maximum atomic E-state index is 12.7. The summed E-state index contributed by atoms with van der Waals surface area (Å²) in [6.45, 7) is 4.20. The van der Waals surface area contributed by atoms with Gasteiger partial charge in [-0.25, -0.2) is 9.78 Å². The van der Waals surface area contributed by atoms with Crippen LogP contribution in [0.1, 0.15) is 17.7 Å². The van der Waals surface area contributed by atoms with Crippen molar-refractivity contribution >= 4 is 34.1 Å². The van der Waals surface area contributed by atoms with E-state index in [-0.39, 0.29) is 18.7 Å². The molecule has 0 bridgehead atoms. The minimum absolute atomic E-state index is 0.136. The van der Waals surface area contributed by atoms with Gasteiger partial charge in [0, 0.05) is 50.2 Å². The van der Waals surface area contributed by atoms with Crippen molar-refractivity contribution < 1.29 is 19.1 Å².